The van der Waals surface area contributed by atoms with Gasteiger partial charge >= 0.3 is 18.1 Å². The smallest absolute Gasteiger partial charge is 0.308 e. The lowest BCUT2D eigenvalue weighted by Crippen LogP contribution is -2.24. The summed E-state index contributed by atoms with van der Waals surface area (Å²) in [5, 5.41) is 4.62. The molecule has 0 radical (unpaired) electrons. The molecule has 14 heteroatoms. The fraction of sp³-hybridized carbons (Fsp3) is 0.105. The maximum Gasteiger partial charge on any atom is 0.417 e. The number of hydroxylamine groups is 1. The summed E-state index contributed by atoms with van der Waals surface area (Å²) in [4.78, 5) is 40.8. The van der Waals surface area contributed by atoms with Crippen LogP contribution in [0.2, 0.25) is 5.02 Å². The topological polar surface area (TPSA) is 118 Å². The molecular weight excluding hydrogens is 485 g/mol. The van der Waals surface area contributed by atoms with Crippen molar-refractivity contribution >= 4 is 46.7 Å². The summed E-state index contributed by atoms with van der Waals surface area (Å²) in [5.74, 6) is -0.754. The van der Waals surface area contributed by atoms with Gasteiger partial charge in [-0.1, -0.05) is 11.6 Å². The normalized spacial score (nSPS) is 11.1. The van der Waals surface area contributed by atoms with Crippen molar-refractivity contribution < 1.29 is 27.6 Å². The van der Waals surface area contributed by atoms with E-state index in [1.165, 1.54) is 19.5 Å². The van der Waals surface area contributed by atoms with E-state index in [4.69, 9.17) is 11.6 Å². The Bertz CT molecular complexity index is 1160. The minimum absolute atomic E-state index is 0.0699. The number of benzene rings is 2. The van der Waals surface area contributed by atoms with Crippen LogP contribution in [-0.2, 0) is 11.0 Å². The lowest BCUT2D eigenvalue weighted by molar-refractivity contribution is -0.137. The standard InChI is InChI=1S/C19H14ClF3N6O3S/c1-32-29-16(30)15-24-9-25-18(28-15)33-12-5-2-10(3-6-12)26-17(31)27-11-4-7-14(20)13(8-11)19(21,22)23/h2-9H,1H3,(H,29,30)(H2,26,27,31). The second-order valence-corrected chi connectivity index (χ2v) is 7.57. The molecule has 0 spiro atoms. The van der Waals surface area contributed by atoms with Crippen LogP contribution in [-0.4, -0.2) is 34.0 Å². The van der Waals surface area contributed by atoms with Crippen LogP contribution < -0.4 is 16.1 Å². The summed E-state index contributed by atoms with van der Waals surface area (Å²) >= 11 is 6.71. The first-order chi connectivity index (χ1) is 15.7. The molecular formula is C19H14ClF3N6O3S. The molecule has 0 fully saturated rings. The van der Waals surface area contributed by atoms with Crippen LogP contribution >= 0.6 is 23.4 Å². The Morgan fingerprint density at radius 2 is 1.70 bits per heavy atom. The number of alkyl halides is 3. The Morgan fingerprint density at radius 3 is 2.36 bits per heavy atom. The fourth-order valence-corrected chi connectivity index (χ4v) is 3.34. The molecule has 3 amide bonds. The number of halogens is 4. The second kappa shape index (κ2) is 10.5. The van der Waals surface area contributed by atoms with Crippen molar-refractivity contribution in [3.05, 3.63) is 65.2 Å². The van der Waals surface area contributed by atoms with E-state index < -0.39 is 28.7 Å². The van der Waals surface area contributed by atoms with Crippen molar-refractivity contribution in [2.75, 3.05) is 17.7 Å². The van der Waals surface area contributed by atoms with Gasteiger partial charge in [-0.3, -0.25) is 9.63 Å². The Kier molecular flexibility index (Phi) is 7.68. The number of hydrogen-bond acceptors (Lipinski definition) is 7. The first-order valence-corrected chi connectivity index (χ1v) is 10.1. The van der Waals surface area contributed by atoms with E-state index >= 15 is 0 Å². The molecule has 1 heterocycles. The van der Waals surface area contributed by atoms with E-state index in [2.05, 4.69) is 35.9 Å². The minimum atomic E-state index is -4.65. The lowest BCUT2D eigenvalue weighted by Gasteiger charge is -2.12. The molecule has 0 unspecified atom stereocenters. The predicted octanol–water partition coefficient (Wildman–Crippen LogP) is 4.63. The second-order valence-electron chi connectivity index (χ2n) is 6.12. The summed E-state index contributed by atoms with van der Waals surface area (Å²) in [6.45, 7) is 0. The molecule has 3 aromatic rings. The molecule has 1 aromatic heterocycles. The number of amides is 3. The van der Waals surface area contributed by atoms with E-state index in [0.29, 0.717) is 10.6 Å². The number of aromatic nitrogens is 3. The first-order valence-electron chi connectivity index (χ1n) is 8.91. The van der Waals surface area contributed by atoms with E-state index in [0.717, 1.165) is 23.9 Å². The van der Waals surface area contributed by atoms with Gasteiger partial charge in [0.1, 0.15) is 6.33 Å². The van der Waals surface area contributed by atoms with Crippen molar-refractivity contribution in [2.24, 2.45) is 0 Å². The van der Waals surface area contributed by atoms with Gasteiger partial charge in [0.25, 0.3) is 0 Å². The van der Waals surface area contributed by atoms with Gasteiger partial charge in [0.15, 0.2) is 5.16 Å². The fourth-order valence-electron chi connectivity index (χ4n) is 2.40. The molecule has 0 aliphatic carbocycles. The number of anilines is 2. The van der Waals surface area contributed by atoms with Gasteiger partial charge in [-0.05, 0) is 54.2 Å². The molecule has 172 valence electrons. The van der Waals surface area contributed by atoms with Crippen LogP contribution in [0.4, 0.5) is 29.3 Å². The number of nitrogens with one attached hydrogen (secondary N) is 3. The molecule has 3 rings (SSSR count). The number of carbonyl (C=O) groups excluding carboxylic acids is 2. The summed E-state index contributed by atoms with van der Waals surface area (Å²) in [6, 6.07) is 8.78. The largest absolute Gasteiger partial charge is 0.417 e. The highest BCUT2D eigenvalue weighted by atomic mass is 35.5. The van der Waals surface area contributed by atoms with Gasteiger partial charge in [0.05, 0.1) is 17.7 Å². The molecule has 0 aliphatic heterocycles. The van der Waals surface area contributed by atoms with Gasteiger partial charge in [0, 0.05) is 16.3 Å². The number of nitrogens with zero attached hydrogens (tertiary/aromatic N) is 3. The molecule has 2 aromatic carbocycles. The summed E-state index contributed by atoms with van der Waals surface area (Å²) in [7, 11) is 1.28. The third-order valence-corrected chi connectivity index (χ3v) is 5.02. The molecule has 33 heavy (non-hydrogen) atoms. The van der Waals surface area contributed by atoms with Gasteiger partial charge in [0.2, 0.25) is 5.82 Å². The van der Waals surface area contributed by atoms with Gasteiger partial charge in [-0.25, -0.2) is 20.2 Å². The highest BCUT2D eigenvalue weighted by molar-refractivity contribution is 7.99. The van der Waals surface area contributed by atoms with Crippen LogP contribution in [0.25, 0.3) is 0 Å². The Balaban J connectivity index is 1.61. The summed E-state index contributed by atoms with van der Waals surface area (Å²) in [6.07, 6.45) is -3.47. The number of carbonyl (C=O) groups is 2. The third kappa shape index (κ3) is 6.78. The van der Waals surface area contributed by atoms with E-state index in [9.17, 15) is 22.8 Å². The zero-order valence-corrected chi connectivity index (χ0v) is 18.2. The van der Waals surface area contributed by atoms with Crippen molar-refractivity contribution in [1.82, 2.24) is 20.4 Å². The van der Waals surface area contributed by atoms with Crippen LogP contribution in [0.1, 0.15) is 16.2 Å². The Labute approximate surface area is 194 Å². The molecule has 3 N–H and O–H groups in total. The first kappa shape index (κ1) is 24.2. The van der Waals surface area contributed by atoms with Crippen LogP contribution in [0.5, 0.6) is 0 Å². The average Bonchev–Trinajstić information content (AvgIpc) is 2.76. The Hall–Kier alpha value is -3.42. The highest BCUT2D eigenvalue weighted by Crippen LogP contribution is 2.36. The maximum absolute atomic E-state index is 13.0. The predicted molar refractivity (Wildman–Crippen MR) is 114 cm³/mol. The van der Waals surface area contributed by atoms with Crippen molar-refractivity contribution in [1.29, 1.82) is 0 Å². The van der Waals surface area contributed by atoms with Gasteiger partial charge in [-0.15, -0.1) is 0 Å². The van der Waals surface area contributed by atoms with Gasteiger partial charge in [-0.2, -0.15) is 18.2 Å². The monoisotopic (exact) mass is 498 g/mol. The molecule has 0 saturated heterocycles. The van der Waals surface area contributed by atoms with Crippen LogP contribution in [0, 0.1) is 0 Å². The molecule has 0 saturated carbocycles. The number of hydrogen-bond donors (Lipinski definition) is 3. The van der Waals surface area contributed by atoms with E-state index in [1.807, 2.05) is 0 Å². The minimum Gasteiger partial charge on any atom is -0.308 e. The zero-order chi connectivity index (χ0) is 24.0. The van der Waals surface area contributed by atoms with Gasteiger partial charge < -0.3 is 10.6 Å². The van der Waals surface area contributed by atoms with Crippen LogP contribution in [0.3, 0.4) is 0 Å². The third-order valence-electron chi connectivity index (χ3n) is 3.80. The van der Waals surface area contributed by atoms with E-state index in [1.54, 1.807) is 24.3 Å². The maximum atomic E-state index is 13.0. The summed E-state index contributed by atoms with van der Waals surface area (Å²) in [5.41, 5.74) is 1.37. The number of rotatable bonds is 6. The van der Waals surface area contributed by atoms with Crippen molar-refractivity contribution in [3.63, 3.8) is 0 Å². The zero-order valence-electron chi connectivity index (χ0n) is 16.6. The molecule has 9 nitrogen and oxygen atoms in total. The quantitative estimate of drug-likeness (QED) is 0.424. The van der Waals surface area contributed by atoms with Crippen LogP contribution in [0.15, 0.2) is 58.8 Å². The molecule has 0 aliphatic rings. The molecule has 0 atom stereocenters. The highest BCUT2D eigenvalue weighted by Gasteiger charge is 2.33. The summed E-state index contributed by atoms with van der Waals surface area (Å²) < 4.78 is 38.9. The van der Waals surface area contributed by atoms with E-state index in [-0.39, 0.29) is 16.7 Å². The number of urea groups is 1. The SMILES string of the molecule is CONC(=O)c1ncnc(Sc2ccc(NC(=O)Nc3ccc(Cl)c(C(F)(F)F)c3)cc2)n1. The average molecular weight is 499 g/mol. The Morgan fingerprint density at radius 1 is 1.03 bits per heavy atom. The van der Waals surface area contributed by atoms with Crippen molar-refractivity contribution in [2.45, 2.75) is 16.2 Å². The lowest BCUT2D eigenvalue weighted by atomic mass is 10.2. The molecule has 0 bridgehead atoms. The van der Waals surface area contributed by atoms with Crippen molar-refractivity contribution in [3.8, 4) is 0 Å².